The Morgan fingerprint density at radius 3 is 2.29 bits per heavy atom. The van der Waals surface area contributed by atoms with Crippen LogP contribution in [0.15, 0.2) is 42.5 Å². The summed E-state index contributed by atoms with van der Waals surface area (Å²) in [5.74, 6) is 0.786. The van der Waals surface area contributed by atoms with Crippen LogP contribution in [-0.4, -0.2) is 50.4 Å². The summed E-state index contributed by atoms with van der Waals surface area (Å²) in [6.07, 6.45) is 1.55. The van der Waals surface area contributed by atoms with E-state index in [0.717, 1.165) is 24.1 Å². The average Bonchev–Trinajstić information content (AvgIpc) is 2.74. The molecule has 28 heavy (non-hydrogen) atoms. The van der Waals surface area contributed by atoms with Crippen molar-refractivity contribution < 1.29 is 24.1 Å². The van der Waals surface area contributed by atoms with Gasteiger partial charge in [0.15, 0.2) is 11.5 Å². The van der Waals surface area contributed by atoms with Crippen LogP contribution >= 0.6 is 0 Å². The summed E-state index contributed by atoms with van der Waals surface area (Å²) in [5.41, 5.74) is 2.01. The van der Waals surface area contributed by atoms with Crippen LogP contribution in [0, 0.1) is 5.92 Å². The van der Waals surface area contributed by atoms with Gasteiger partial charge in [-0.15, -0.1) is 0 Å². The van der Waals surface area contributed by atoms with Gasteiger partial charge in [0.05, 0.1) is 33.3 Å². The fraction of sp³-hybridized carbons (Fsp3) is 0.409. The topological polar surface area (TPSA) is 68.2 Å². The van der Waals surface area contributed by atoms with E-state index in [4.69, 9.17) is 14.2 Å². The van der Waals surface area contributed by atoms with Crippen molar-refractivity contribution in [3.05, 3.63) is 53.6 Å². The van der Waals surface area contributed by atoms with Crippen LogP contribution in [0.4, 0.5) is 0 Å². The van der Waals surface area contributed by atoms with Crippen molar-refractivity contribution in [1.29, 1.82) is 0 Å². The van der Waals surface area contributed by atoms with Crippen LogP contribution in [0.2, 0.25) is 0 Å². The number of hydrogen-bond acceptors (Lipinski definition) is 5. The molecule has 2 unspecified atom stereocenters. The monoisotopic (exact) mass is 385 g/mol. The smallest absolute Gasteiger partial charge is 0.307 e. The zero-order valence-electron chi connectivity index (χ0n) is 16.6. The lowest BCUT2D eigenvalue weighted by atomic mass is 9.91. The zero-order chi connectivity index (χ0) is 20.1. The second-order valence-electron chi connectivity index (χ2n) is 6.93. The van der Waals surface area contributed by atoms with Crippen LogP contribution in [0.5, 0.6) is 17.2 Å². The summed E-state index contributed by atoms with van der Waals surface area (Å²) in [5, 5.41) is 9.54. The summed E-state index contributed by atoms with van der Waals surface area (Å²) in [6.45, 7) is 1.31. The van der Waals surface area contributed by atoms with Gasteiger partial charge in [-0.2, -0.15) is 0 Å². The Balaban J connectivity index is 2.11. The van der Waals surface area contributed by atoms with Crippen LogP contribution in [-0.2, 0) is 4.79 Å². The van der Waals surface area contributed by atoms with Gasteiger partial charge in [0.1, 0.15) is 5.75 Å². The highest BCUT2D eigenvalue weighted by atomic mass is 16.5. The number of piperidine rings is 1. The highest BCUT2D eigenvalue weighted by Gasteiger charge is 2.33. The Morgan fingerprint density at radius 1 is 1.04 bits per heavy atom. The van der Waals surface area contributed by atoms with Crippen molar-refractivity contribution in [2.45, 2.75) is 18.9 Å². The van der Waals surface area contributed by atoms with E-state index >= 15 is 0 Å². The fourth-order valence-corrected chi connectivity index (χ4v) is 3.93. The molecule has 2 aromatic rings. The molecular formula is C22H27NO5. The average molecular weight is 385 g/mol. The molecule has 6 heteroatoms. The number of nitrogens with zero attached hydrogens (tertiary/aromatic N) is 1. The summed E-state index contributed by atoms with van der Waals surface area (Å²) in [4.78, 5) is 13.8. The van der Waals surface area contributed by atoms with Gasteiger partial charge in [-0.05, 0) is 31.0 Å². The Hall–Kier alpha value is -2.73. The molecule has 2 atom stereocenters. The van der Waals surface area contributed by atoms with Crippen molar-refractivity contribution in [2.24, 2.45) is 5.92 Å². The number of rotatable bonds is 7. The number of ether oxygens (including phenoxy) is 3. The van der Waals surface area contributed by atoms with Crippen LogP contribution in [0.1, 0.15) is 30.0 Å². The standard InChI is InChI=1S/C22H27NO5/c1-26-18-13-20(28-3)19(27-2)12-17(18)21(15-8-5-4-6-9-15)23-11-7-10-16(14-23)22(24)25/h4-6,8-9,12-13,16,21H,7,10-11,14H2,1-3H3,(H,24,25). The van der Waals surface area contributed by atoms with Gasteiger partial charge in [-0.1, -0.05) is 30.3 Å². The lowest BCUT2D eigenvalue weighted by Crippen LogP contribution is -2.41. The van der Waals surface area contributed by atoms with E-state index < -0.39 is 5.97 Å². The quantitative estimate of drug-likeness (QED) is 0.785. The SMILES string of the molecule is COc1cc(OC)c(C(c2ccccc2)N2CCCC(C(=O)O)C2)cc1OC. The molecule has 0 aromatic heterocycles. The molecular weight excluding hydrogens is 358 g/mol. The molecule has 1 fully saturated rings. The number of carbonyl (C=O) groups is 1. The lowest BCUT2D eigenvalue weighted by Gasteiger charge is -2.38. The predicted molar refractivity (Wildman–Crippen MR) is 106 cm³/mol. The lowest BCUT2D eigenvalue weighted by molar-refractivity contribution is -0.143. The Morgan fingerprint density at radius 2 is 1.68 bits per heavy atom. The van der Waals surface area contributed by atoms with E-state index in [-0.39, 0.29) is 12.0 Å². The zero-order valence-corrected chi connectivity index (χ0v) is 16.6. The number of benzene rings is 2. The molecule has 1 aliphatic rings. The number of carboxylic acid groups (broad SMARTS) is 1. The van der Waals surface area contributed by atoms with E-state index in [1.807, 2.05) is 30.3 Å². The van der Waals surface area contributed by atoms with Crippen molar-refractivity contribution in [3.8, 4) is 17.2 Å². The second kappa shape index (κ2) is 8.97. The number of aliphatic carboxylic acids is 1. The molecule has 1 heterocycles. The first kappa shape index (κ1) is 20.0. The number of hydrogen-bond donors (Lipinski definition) is 1. The van der Waals surface area contributed by atoms with Gasteiger partial charge < -0.3 is 19.3 Å². The van der Waals surface area contributed by atoms with Crippen molar-refractivity contribution in [2.75, 3.05) is 34.4 Å². The third-order valence-corrected chi connectivity index (χ3v) is 5.31. The van der Waals surface area contributed by atoms with Crippen molar-refractivity contribution >= 4 is 5.97 Å². The van der Waals surface area contributed by atoms with Crippen molar-refractivity contribution in [1.82, 2.24) is 4.90 Å². The number of carboxylic acids is 1. The molecule has 1 N–H and O–H groups in total. The molecule has 6 nitrogen and oxygen atoms in total. The Labute approximate surface area is 165 Å². The van der Waals surface area contributed by atoms with E-state index in [1.165, 1.54) is 0 Å². The summed E-state index contributed by atoms with van der Waals surface area (Å²) >= 11 is 0. The molecule has 0 saturated carbocycles. The predicted octanol–water partition coefficient (Wildman–Crippen LogP) is 3.60. The second-order valence-corrected chi connectivity index (χ2v) is 6.93. The molecule has 1 aliphatic heterocycles. The maximum atomic E-state index is 11.6. The Kier molecular flexibility index (Phi) is 6.41. The van der Waals surface area contributed by atoms with Crippen LogP contribution in [0.25, 0.3) is 0 Å². The molecule has 150 valence electrons. The molecule has 0 bridgehead atoms. The minimum absolute atomic E-state index is 0.141. The fourth-order valence-electron chi connectivity index (χ4n) is 3.93. The highest BCUT2D eigenvalue weighted by molar-refractivity contribution is 5.70. The van der Waals surface area contributed by atoms with Gasteiger partial charge in [0.2, 0.25) is 0 Å². The largest absolute Gasteiger partial charge is 0.496 e. The van der Waals surface area contributed by atoms with Crippen molar-refractivity contribution in [3.63, 3.8) is 0 Å². The van der Waals surface area contributed by atoms with Crippen LogP contribution < -0.4 is 14.2 Å². The molecule has 3 rings (SSSR count). The number of methoxy groups -OCH3 is 3. The molecule has 0 aliphatic carbocycles. The maximum absolute atomic E-state index is 11.6. The van der Waals surface area contributed by atoms with Gasteiger partial charge in [-0.25, -0.2) is 0 Å². The minimum atomic E-state index is -0.740. The third kappa shape index (κ3) is 4.07. The normalized spacial score (nSPS) is 18.3. The molecule has 0 spiro atoms. The molecule has 0 amide bonds. The van der Waals surface area contributed by atoms with Crippen LogP contribution in [0.3, 0.4) is 0 Å². The number of likely N-dealkylation sites (tertiary alicyclic amines) is 1. The third-order valence-electron chi connectivity index (χ3n) is 5.31. The van der Waals surface area contributed by atoms with E-state index in [9.17, 15) is 9.90 Å². The van der Waals surface area contributed by atoms with Gasteiger partial charge >= 0.3 is 5.97 Å². The minimum Gasteiger partial charge on any atom is -0.496 e. The molecule has 0 radical (unpaired) electrons. The molecule has 1 saturated heterocycles. The maximum Gasteiger partial charge on any atom is 0.307 e. The van der Waals surface area contributed by atoms with E-state index in [2.05, 4.69) is 17.0 Å². The summed E-state index contributed by atoms with van der Waals surface area (Å²) in [6, 6.07) is 13.7. The first-order chi connectivity index (χ1) is 13.6. The van der Waals surface area contributed by atoms with E-state index in [0.29, 0.717) is 30.2 Å². The molecule has 2 aromatic carbocycles. The van der Waals surface area contributed by atoms with Gasteiger partial charge in [0.25, 0.3) is 0 Å². The first-order valence-corrected chi connectivity index (χ1v) is 9.40. The van der Waals surface area contributed by atoms with Gasteiger partial charge in [0, 0.05) is 18.2 Å². The Bertz CT molecular complexity index is 808. The van der Waals surface area contributed by atoms with Gasteiger partial charge in [-0.3, -0.25) is 9.69 Å². The van der Waals surface area contributed by atoms with E-state index in [1.54, 1.807) is 21.3 Å². The summed E-state index contributed by atoms with van der Waals surface area (Å²) in [7, 11) is 4.82. The highest BCUT2D eigenvalue weighted by Crippen LogP contribution is 2.42. The summed E-state index contributed by atoms with van der Waals surface area (Å²) < 4.78 is 16.6. The first-order valence-electron chi connectivity index (χ1n) is 9.40.